The van der Waals surface area contributed by atoms with Crippen LogP contribution in [0.1, 0.15) is 0 Å². The van der Waals surface area contributed by atoms with Gasteiger partial charge >= 0.3 is 0 Å². The van der Waals surface area contributed by atoms with Crippen LogP contribution in [0.25, 0.3) is 10.2 Å². The second kappa shape index (κ2) is 4.71. The first-order chi connectivity index (χ1) is 9.78. The number of nitrogens with zero attached hydrogens (tertiary/aromatic N) is 5. The minimum atomic E-state index is 0.608. The topological polar surface area (TPSA) is 46.8 Å². The first-order valence-corrected chi connectivity index (χ1v) is 7.61. The molecule has 1 aliphatic heterocycles. The summed E-state index contributed by atoms with van der Waals surface area (Å²) in [4.78, 5) is 11.0. The van der Waals surface area contributed by atoms with Crippen LogP contribution in [0.2, 0.25) is 5.02 Å². The van der Waals surface area contributed by atoms with Crippen molar-refractivity contribution in [2.75, 3.05) is 18.0 Å². The second-order valence-corrected chi connectivity index (χ2v) is 6.44. The summed E-state index contributed by atoms with van der Waals surface area (Å²) < 4.78 is 3.10. The van der Waals surface area contributed by atoms with Crippen molar-refractivity contribution in [2.45, 2.75) is 6.54 Å². The zero-order chi connectivity index (χ0) is 13.5. The number of rotatable bonds is 3. The lowest BCUT2D eigenvalue weighted by Gasteiger charge is -2.39. The molecule has 0 aromatic carbocycles. The van der Waals surface area contributed by atoms with Crippen molar-refractivity contribution in [3.05, 3.63) is 35.9 Å². The van der Waals surface area contributed by atoms with Crippen LogP contribution in [-0.2, 0) is 6.54 Å². The summed E-state index contributed by atoms with van der Waals surface area (Å²) in [5.74, 6) is 0.608. The third-order valence-corrected chi connectivity index (χ3v) is 4.75. The molecular formula is C13H12ClN5S. The fourth-order valence-electron chi connectivity index (χ4n) is 2.45. The number of pyridine rings is 1. The zero-order valence-electron chi connectivity index (χ0n) is 10.6. The number of hydrogen-bond acceptors (Lipinski definition) is 5. The minimum absolute atomic E-state index is 0.608. The van der Waals surface area contributed by atoms with Crippen LogP contribution in [0.3, 0.4) is 0 Å². The molecule has 5 nitrogen and oxygen atoms in total. The third-order valence-electron chi connectivity index (χ3n) is 3.45. The summed E-state index contributed by atoms with van der Waals surface area (Å²) in [5, 5.41) is 6.00. The van der Waals surface area contributed by atoms with Crippen LogP contribution in [-0.4, -0.2) is 32.8 Å². The summed E-state index contributed by atoms with van der Waals surface area (Å²) in [6.45, 7) is 2.95. The molecule has 3 aromatic heterocycles. The highest BCUT2D eigenvalue weighted by Crippen LogP contribution is 2.32. The average Bonchev–Trinajstić information content (AvgIpc) is 2.98. The lowest BCUT2D eigenvalue weighted by molar-refractivity contribution is 0.342. The Bertz CT molecular complexity index is 713. The number of aromatic nitrogens is 4. The zero-order valence-corrected chi connectivity index (χ0v) is 12.2. The van der Waals surface area contributed by atoms with E-state index >= 15 is 0 Å². The van der Waals surface area contributed by atoms with Gasteiger partial charge in [-0.05, 0) is 6.07 Å². The van der Waals surface area contributed by atoms with Crippen LogP contribution in [0, 0.1) is 5.92 Å². The molecule has 0 spiro atoms. The van der Waals surface area contributed by atoms with Gasteiger partial charge in [0.15, 0.2) is 5.13 Å². The molecule has 4 heterocycles. The molecule has 4 rings (SSSR count). The van der Waals surface area contributed by atoms with Crippen LogP contribution < -0.4 is 4.90 Å². The van der Waals surface area contributed by atoms with E-state index in [2.05, 4.69) is 20.0 Å². The lowest BCUT2D eigenvalue weighted by atomic mass is 10.0. The number of hydrogen-bond donors (Lipinski definition) is 0. The van der Waals surface area contributed by atoms with Crippen LogP contribution in [0.15, 0.2) is 30.9 Å². The van der Waals surface area contributed by atoms with E-state index in [1.807, 2.05) is 29.3 Å². The highest BCUT2D eigenvalue weighted by Gasteiger charge is 2.29. The van der Waals surface area contributed by atoms with Crippen molar-refractivity contribution in [3.63, 3.8) is 0 Å². The smallest absolute Gasteiger partial charge is 0.186 e. The van der Waals surface area contributed by atoms with Crippen molar-refractivity contribution in [1.82, 2.24) is 19.7 Å². The van der Waals surface area contributed by atoms with Gasteiger partial charge in [-0.2, -0.15) is 5.10 Å². The van der Waals surface area contributed by atoms with Gasteiger partial charge in [0.25, 0.3) is 0 Å². The monoisotopic (exact) mass is 305 g/mol. The van der Waals surface area contributed by atoms with E-state index in [1.54, 1.807) is 17.5 Å². The van der Waals surface area contributed by atoms with Crippen LogP contribution in [0.4, 0.5) is 5.13 Å². The van der Waals surface area contributed by atoms with E-state index in [4.69, 9.17) is 11.6 Å². The molecule has 1 saturated heterocycles. The maximum Gasteiger partial charge on any atom is 0.186 e. The summed E-state index contributed by atoms with van der Waals surface area (Å²) in [7, 11) is 0. The molecule has 20 heavy (non-hydrogen) atoms. The Hall–Kier alpha value is -1.66. The van der Waals surface area contributed by atoms with Gasteiger partial charge in [0.1, 0.15) is 5.52 Å². The second-order valence-electron chi connectivity index (χ2n) is 4.99. The maximum absolute atomic E-state index is 5.87. The predicted molar refractivity (Wildman–Crippen MR) is 80.4 cm³/mol. The fourth-order valence-corrected chi connectivity index (χ4v) is 3.55. The van der Waals surface area contributed by atoms with Crippen molar-refractivity contribution in [1.29, 1.82) is 0 Å². The predicted octanol–water partition coefficient (Wildman–Crippen LogP) is 2.68. The molecule has 0 saturated carbocycles. The molecule has 0 bridgehead atoms. The molecule has 3 aromatic rings. The molecule has 0 aliphatic carbocycles. The van der Waals surface area contributed by atoms with Gasteiger partial charge in [0.05, 0.1) is 22.1 Å². The van der Waals surface area contributed by atoms with Gasteiger partial charge in [-0.1, -0.05) is 22.9 Å². The summed E-state index contributed by atoms with van der Waals surface area (Å²) in [6, 6.07) is 2.01. The van der Waals surface area contributed by atoms with Crippen molar-refractivity contribution < 1.29 is 0 Å². The largest absolute Gasteiger partial charge is 0.347 e. The molecular weight excluding hydrogens is 294 g/mol. The molecule has 7 heteroatoms. The molecule has 1 fully saturated rings. The lowest BCUT2D eigenvalue weighted by Crippen LogP contribution is -2.48. The van der Waals surface area contributed by atoms with Gasteiger partial charge in [-0.15, -0.1) is 0 Å². The molecule has 0 radical (unpaired) electrons. The standard InChI is InChI=1S/C13H12ClN5S/c14-10-3-16-19(8-10)7-9-5-18(6-9)13-17-11-4-15-2-1-12(11)20-13/h1-4,8-9H,5-7H2. The van der Waals surface area contributed by atoms with Gasteiger partial charge in [0, 0.05) is 37.9 Å². The molecule has 1 aliphatic rings. The number of fused-ring (bicyclic) bond motifs is 1. The van der Waals surface area contributed by atoms with Crippen molar-refractivity contribution in [2.24, 2.45) is 5.92 Å². The van der Waals surface area contributed by atoms with Crippen molar-refractivity contribution >= 4 is 38.3 Å². The molecule has 0 unspecified atom stereocenters. The summed E-state index contributed by atoms with van der Waals surface area (Å²) in [6.07, 6.45) is 7.18. The first-order valence-electron chi connectivity index (χ1n) is 6.41. The maximum atomic E-state index is 5.87. The van der Waals surface area contributed by atoms with E-state index in [0.717, 1.165) is 30.3 Å². The molecule has 102 valence electrons. The van der Waals surface area contributed by atoms with Crippen molar-refractivity contribution in [3.8, 4) is 0 Å². The highest BCUT2D eigenvalue weighted by molar-refractivity contribution is 7.22. The molecule has 0 N–H and O–H groups in total. The fraction of sp³-hybridized carbons (Fsp3) is 0.308. The SMILES string of the molecule is Clc1cnn(CC2CN(c3nc4cnccc4s3)C2)c1. The Labute approximate surface area is 124 Å². The number of anilines is 1. The summed E-state index contributed by atoms with van der Waals surface area (Å²) >= 11 is 7.59. The van der Waals surface area contributed by atoms with Crippen LogP contribution in [0.5, 0.6) is 0 Å². The van der Waals surface area contributed by atoms with Gasteiger partial charge in [-0.3, -0.25) is 9.67 Å². The van der Waals surface area contributed by atoms with Crippen LogP contribution >= 0.6 is 22.9 Å². The summed E-state index contributed by atoms with van der Waals surface area (Å²) in [5.41, 5.74) is 0.981. The van der Waals surface area contributed by atoms with Gasteiger partial charge < -0.3 is 4.90 Å². The minimum Gasteiger partial charge on any atom is -0.347 e. The first kappa shape index (κ1) is 12.1. The Kier molecular flexibility index (Phi) is 2.85. The Morgan fingerprint density at radius 1 is 1.35 bits per heavy atom. The quantitative estimate of drug-likeness (QED) is 0.746. The van der Waals surface area contributed by atoms with E-state index in [9.17, 15) is 0 Å². The Morgan fingerprint density at radius 3 is 3.00 bits per heavy atom. The average molecular weight is 306 g/mol. The van der Waals surface area contributed by atoms with E-state index in [1.165, 1.54) is 4.70 Å². The Balaban J connectivity index is 1.43. The van der Waals surface area contributed by atoms with E-state index in [-0.39, 0.29) is 0 Å². The van der Waals surface area contributed by atoms with E-state index in [0.29, 0.717) is 10.9 Å². The van der Waals surface area contributed by atoms with Gasteiger partial charge in [0.2, 0.25) is 0 Å². The third kappa shape index (κ3) is 2.14. The molecule has 0 amide bonds. The van der Waals surface area contributed by atoms with Gasteiger partial charge in [-0.25, -0.2) is 4.98 Å². The molecule has 0 atom stereocenters. The normalized spacial score (nSPS) is 15.8. The number of halogens is 1. The van der Waals surface area contributed by atoms with E-state index < -0.39 is 0 Å². The Morgan fingerprint density at radius 2 is 2.25 bits per heavy atom. The highest BCUT2D eigenvalue weighted by atomic mass is 35.5. The number of thiazole rings is 1.